The molecule has 1 rings (SSSR count). The summed E-state index contributed by atoms with van der Waals surface area (Å²) >= 11 is 12.5. The van der Waals surface area contributed by atoms with Crippen LogP contribution in [0.2, 0.25) is 49.3 Å². The molecule has 0 saturated heterocycles. The van der Waals surface area contributed by atoms with Gasteiger partial charge in [0.25, 0.3) is 0 Å². The van der Waals surface area contributed by atoms with Crippen LogP contribution in [0.1, 0.15) is 25.0 Å². The molecule has 22 heavy (non-hydrogen) atoms. The molecule has 0 fully saturated rings. The molecule has 0 aliphatic carbocycles. The van der Waals surface area contributed by atoms with E-state index in [9.17, 15) is 0 Å². The van der Waals surface area contributed by atoms with Crippen molar-refractivity contribution in [3.63, 3.8) is 0 Å². The summed E-state index contributed by atoms with van der Waals surface area (Å²) in [5, 5.41) is 1.29. The largest absolute Gasteiger partial charge is 0.412 e. The highest BCUT2D eigenvalue weighted by Gasteiger charge is 2.33. The van der Waals surface area contributed by atoms with E-state index in [1.54, 1.807) is 6.07 Å². The highest BCUT2D eigenvalue weighted by atomic mass is 35.5. The topological polar surface area (TPSA) is 18.5 Å². The van der Waals surface area contributed by atoms with Crippen LogP contribution < -0.4 is 0 Å². The van der Waals surface area contributed by atoms with Crippen molar-refractivity contribution in [1.29, 1.82) is 0 Å². The van der Waals surface area contributed by atoms with Crippen LogP contribution in [0.4, 0.5) is 0 Å². The zero-order valence-electron chi connectivity index (χ0n) is 14.7. The van der Waals surface area contributed by atoms with Gasteiger partial charge in [0.2, 0.25) is 0 Å². The first-order chi connectivity index (χ1) is 9.93. The van der Waals surface area contributed by atoms with Crippen molar-refractivity contribution in [1.82, 2.24) is 0 Å². The molecule has 0 radical (unpaired) electrons. The van der Waals surface area contributed by atoms with Crippen LogP contribution in [0.5, 0.6) is 0 Å². The van der Waals surface area contributed by atoms with Gasteiger partial charge in [-0.05, 0) is 57.8 Å². The average molecular weight is 379 g/mol. The zero-order chi connectivity index (χ0) is 17.1. The van der Waals surface area contributed by atoms with E-state index in [4.69, 9.17) is 32.1 Å². The summed E-state index contributed by atoms with van der Waals surface area (Å²) in [6.45, 7) is 15.3. The van der Waals surface area contributed by atoms with E-state index < -0.39 is 16.6 Å². The van der Waals surface area contributed by atoms with Gasteiger partial charge >= 0.3 is 0 Å². The number of hydrogen-bond acceptors (Lipinski definition) is 2. The first-order valence-electron chi connectivity index (χ1n) is 7.73. The van der Waals surface area contributed by atoms with Gasteiger partial charge in [0.05, 0.1) is 12.2 Å². The summed E-state index contributed by atoms with van der Waals surface area (Å²) < 4.78 is 12.8. The van der Waals surface area contributed by atoms with E-state index in [1.165, 1.54) is 0 Å². The Balaban J connectivity index is 3.21. The maximum atomic E-state index is 6.45. The van der Waals surface area contributed by atoms with Crippen LogP contribution in [-0.2, 0) is 8.85 Å². The molecule has 0 N–H and O–H groups in total. The Labute approximate surface area is 147 Å². The molecule has 126 valence electrons. The lowest BCUT2D eigenvalue weighted by molar-refractivity contribution is 0.0407. The summed E-state index contributed by atoms with van der Waals surface area (Å²) in [4.78, 5) is 0. The van der Waals surface area contributed by atoms with Gasteiger partial charge in [-0.3, -0.25) is 0 Å². The highest BCUT2D eigenvalue weighted by molar-refractivity contribution is 6.70. The minimum Gasteiger partial charge on any atom is -0.412 e. The van der Waals surface area contributed by atoms with Crippen LogP contribution in [0, 0.1) is 0 Å². The maximum Gasteiger partial charge on any atom is 0.184 e. The van der Waals surface area contributed by atoms with Gasteiger partial charge < -0.3 is 8.85 Å². The number of halogens is 2. The van der Waals surface area contributed by atoms with Gasteiger partial charge in [0.1, 0.15) is 0 Å². The average Bonchev–Trinajstić information content (AvgIpc) is 2.31. The maximum absolute atomic E-state index is 6.45. The van der Waals surface area contributed by atoms with E-state index in [2.05, 4.69) is 46.2 Å². The first kappa shape index (κ1) is 20.2. The van der Waals surface area contributed by atoms with Gasteiger partial charge in [-0.2, -0.15) is 0 Å². The zero-order valence-corrected chi connectivity index (χ0v) is 18.2. The predicted molar refractivity (Wildman–Crippen MR) is 102 cm³/mol. The molecule has 0 aromatic heterocycles. The number of rotatable bonds is 7. The molecule has 0 heterocycles. The molecule has 0 aliphatic rings. The molecule has 0 spiro atoms. The molecule has 0 amide bonds. The van der Waals surface area contributed by atoms with Gasteiger partial charge in [-0.25, -0.2) is 0 Å². The second-order valence-corrected chi connectivity index (χ2v) is 17.3. The summed E-state index contributed by atoms with van der Waals surface area (Å²) in [6, 6.07) is 5.61. The van der Waals surface area contributed by atoms with Crippen molar-refractivity contribution in [2.75, 3.05) is 0 Å². The lowest BCUT2D eigenvalue weighted by atomic mass is 10.0. The Hall–Kier alpha value is 0.154. The third-order valence-electron chi connectivity index (χ3n) is 2.99. The van der Waals surface area contributed by atoms with Crippen molar-refractivity contribution in [3.05, 3.63) is 33.8 Å². The lowest BCUT2D eigenvalue weighted by Crippen LogP contribution is -2.40. The number of benzene rings is 1. The van der Waals surface area contributed by atoms with Crippen molar-refractivity contribution in [3.8, 4) is 0 Å². The number of hydrogen-bond donors (Lipinski definition) is 0. The van der Waals surface area contributed by atoms with E-state index in [0.717, 1.165) is 12.0 Å². The van der Waals surface area contributed by atoms with Gasteiger partial charge in [-0.15, -0.1) is 0 Å². The quantitative estimate of drug-likeness (QED) is 0.502. The SMILES string of the molecule is CC[C@@H](O[Si](C)(C)C)[C@H](O[Si](C)(C)C)c1ccc(Cl)cc1Cl. The highest BCUT2D eigenvalue weighted by Crippen LogP contribution is 2.36. The smallest absolute Gasteiger partial charge is 0.184 e. The fraction of sp³-hybridized carbons (Fsp3) is 0.625. The van der Waals surface area contributed by atoms with E-state index >= 15 is 0 Å². The van der Waals surface area contributed by atoms with Crippen molar-refractivity contribution >= 4 is 39.8 Å². The fourth-order valence-electron chi connectivity index (χ4n) is 2.27. The second kappa shape index (κ2) is 7.82. The Morgan fingerprint density at radius 1 is 0.955 bits per heavy atom. The Morgan fingerprint density at radius 2 is 1.50 bits per heavy atom. The third kappa shape index (κ3) is 6.73. The van der Waals surface area contributed by atoms with E-state index in [-0.39, 0.29) is 12.2 Å². The standard InChI is InChI=1S/C16H28Cl2O2Si2/c1-8-15(19-21(2,3)4)16(20-22(5,6)7)13-10-9-12(17)11-14(13)18/h9-11,15-16H,8H2,1-7H3/t15-,16-/m1/s1. The molecule has 2 atom stereocenters. The molecule has 6 heteroatoms. The monoisotopic (exact) mass is 378 g/mol. The molecule has 2 nitrogen and oxygen atoms in total. The van der Waals surface area contributed by atoms with Gasteiger partial charge in [0.15, 0.2) is 16.6 Å². The Morgan fingerprint density at radius 3 is 1.91 bits per heavy atom. The van der Waals surface area contributed by atoms with Crippen LogP contribution in [0.15, 0.2) is 18.2 Å². The summed E-state index contributed by atoms with van der Waals surface area (Å²) in [5.74, 6) is 0. The van der Waals surface area contributed by atoms with Gasteiger partial charge in [0, 0.05) is 15.6 Å². The fourth-order valence-corrected chi connectivity index (χ4v) is 5.02. The van der Waals surface area contributed by atoms with Gasteiger partial charge in [-0.1, -0.05) is 36.2 Å². The Bertz CT molecular complexity index is 496. The van der Waals surface area contributed by atoms with Crippen molar-refractivity contribution in [2.45, 2.75) is 64.8 Å². The van der Waals surface area contributed by atoms with E-state index in [1.807, 2.05) is 12.1 Å². The van der Waals surface area contributed by atoms with Crippen LogP contribution in [-0.4, -0.2) is 22.7 Å². The minimum absolute atomic E-state index is 0.0112. The summed E-state index contributed by atoms with van der Waals surface area (Å²) in [7, 11) is -3.42. The third-order valence-corrected chi connectivity index (χ3v) is 5.53. The molecule has 0 aliphatic heterocycles. The molecular formula is C16H28Cl2O2Si2. The first-order valence-corrected chi connectivity index (χ1v) is 15.3. The minimum atomic E-state index is -1.75. The van der Waals surface area contributed by atoms with Crippen molar-refractivity contribution < 1.29 is 8.85 Å². The van der Waals surface area contributed by atoms with Crippen LogP contribution in [0.3, 0.4) is 0 Å². The molecule has 0 saturated carbocycles. The molecule has 0 unspecified atom stereocenters. The molecule has 1 aromatic rings. The lowest BCUT2D eigenvalue weighted by Gasteiger charge is -2.36. The molecular weight excluding hydrogens is 351 g/mol. The predicted octanol–water partition coefficient (Wildman–Crippen LogP) is 6.52. The molecule has 0 bridgehead atoms. The summed E-state index contributed by atoms with van der Waals surface area (Å²) in [5.41, 5.74) is 0.971. The van der Waals surface area contributed by atoms with Crippen LogP contribution >= 0.6 is 23.2 Å². The second-order valence-electron chi connectivity index (χ2n) is 7.49. The normalized spacial score (nSPS) is 15.7. The van der Waals surface area contributed by atoms with Crippen molar-refractivity contribution in [2.24, 2.45) is 0 Å². The van der Waals surface area contributed by atoms with Crippen LogP contribution in [0.25, 0.3) is 0 Å². The molecule has 1 aromatic carbocycles. The van der Waals surface area contributed by atoms with E-state index in [0.29, 0.717) is 10.0 Å². The summed E-state index contributed by atoms with van der Waals surface area (Å²) in [6.07, 6.45) is 0.753. The Kier molecular flexibility index (Phi) is 7.18.